The third kappa shape index (κ3) is 5.58. The second-order valence-corrected chi connectivity index (χ2v) is 7.14. The average Bonchev–Trinajstić information content (AvgIpc) is 2.75. The van der Waals surface area contributed by atoms with Gasteiger partial charge in [0, 0.05) is 28.0 Å². The number of amides is 1. The van der Waals surface area contributed by atoms with E-state index in [2.05, 4.69) is 10.3 Å². The van der Waals surface area contributed by atoms with Gasteiger partial charge in [0.1, 0.15) is 12.4 Å². The fourth-order valence-electron chi connectivity index (χ4n) is 2.98. The summed E-state index contributed by atoms with van der Waals surface area (Å²) in [7, 11) is 0. The number of anilines is 1. The Labute approximate surface area is 184 Å². The van der Waals surface area contributed by atoms with Crippen molar-refractivity contribution >= 4 is 29.2 Å². The summed E-state index contributed by atoms with van der Waals surface area (Å²) in [5, 5.41) is 3.24. The highest BCUT2D eigenvalue weighted by molar-refractivity contribution is 6.30. The number of ether oxygens (including phenoxy) is 1. The maximum absolute atomic E-state index is 12.7. The first-order chi connectivity index (χ1) is 14.9. The maximum Gasteiger partial charge on any atom is 0.338 e. The van der Waals surface area contributed by atoms with Crippen molar-refractivity contribution in [3.8, 4) is 11.4 Å². The van der Waals surface area contributed by atoms with Gasteiger partial charge in [0.05, 0.1) is 12.2 Å². The van der Waals surface area contributed by atoms with Crippen LogP contribution < -0.4 is 10.9 Å². The smallest absolute Gasteiger partial charge is 0.338 e. The molecule has 1 heterocycles. The fourth-order valence-corrected chi connectivity index (χ4v) is 3.17. The predicted octanol–water partition coefficient (Wildman–Crippen LogP) is 3.94. The molecule has 0 aliphatic rings. The Bertz CT molecular complexity index is 1160. The number of carbonyl (C=O) groups is 2. The molecule has 0 atom stereocenters. The van der Waals surface area contributed by atoms with Crippen molar-refractivity contribution in [3.05, 3.63) is 81.2 Å². The lowest BCUT2D eigenvalue weighted by Crippen LogP contribution is -2.30. The third-order valence-electron chi connectivity index (χ3n) is 4.49. The Kier molecular flexibility index (Phi) is 7.20. The number of hydrogen-bond acceptors (Lipinski definition) is 5. The minimum atomic E-state index is -0.430. The van der Waals surface area contributed by atoms with Crippen molar-refractivity contribution in [1.29, 1.82) is 0 Å². The van der Waals surface area contributed by atoms with Crippen LogP contribution in [0.25, 0.3) is 11.4 Å². The van der Waals surface area contributed by atoms with Crippen LogP contribution in [0.3, 0.4) is 0 Å². The van der Waals surface area contributed by atoms with E-state index in [0.717, 1.165) is 0 Å². The minimum Gasteiger partial charge on any atom is -0.462 e. The maximum atomic E-state index is 12.7. The molecule has 0 radical (unpaired) electrons. The molecular weight excluding hydrogens is 418 g/mol. The van der Waals surface area contributed by atoms with Gasteiger partial charge in [0.2, 0.25) is 5.91 Å². The number of aromatic nitrogens is 2. The van der Waals surface area contributed by atoms with Gasteiger partial charge in [-0.05, 0) is 49.7 Å². The number of hydrogen-bond donors (Lipinski definition) is 1. The standard InChI is InChI=1S/C23H22ClN3O4/c1-3-18-13-21(29)27(22(26-18)16-6-5-7-17(24)12-16)14-20(28)25-19-10-8-15(9-11-19)23(30)31-4-2/h5-13H,3-4,14H2,1-2H3,(H,25,28). The molecule has 0 aliphatic carbocycles. The highest BCUT2D eigenvalue weighted by atomic mass is 35.5. The van der Waals surface area contributed by atoms with Gasteiger partial charge in [0.15, 0.2) is 0 Å². The zero-order valence-corrected chi connectivity index (χ0v) is 18.0. The largest absolute Gasteiger partial charge is 0.462 e. The number of benzene rings is 2. The summed E-state index contributed by atoms with van der Waals surface area (Å²) in [4.78, 5) is 41.6. The van der Waals surface area contributed by atoms with Crippen LogP contribution in [0.5, 0.6) is 0 Å². The number of nitrogens with one attached hydrogen (secondary N) is 1. The monoisotopic (exact) mass is 439 g/mol. The minimum absolute atomic E-state index is 0.225. The molecule has 3 aromatic rings. The molecule has 1 N–H and O–H groups in total. The molecule has 31 heavy (non-hydrogen) atoms. The van der Waals surface area contributed by atoms with Crippen LogP contribution in [0.4, 0.5) is 5.69 Å². The van der Waals surface area contributed by atoms with Gasteiger partial charge in [0.25, 0.3) is 5.56 Å². The van der Waals surface area contributed by atoms with E-state index in [-0.39, 0.29) is 18.7 Å². The summed E-state index contributed by atoms with van der Waals surface area (Å²) in [6.07, 6.45) is 0.586. The Balaban J connectivity index is 1.84. The zero-order valence-electron chi connectivity index (χ0n) is 17.2. The lowest BCUT2D eigenvalue weighted by atomic mass is 10.2. The molecule has 1 amide bonds. The number of esters is 1. The summed E-state index contributed by atoms with van der Waals surface area (Å²) >= 11 is 6.10. The van der Waals surface area contributed by atoms with Crippen LogP contribution in [0.1, 0.15) is 29.9 Å². The fraction of sp³-hybridized carbons (Fsp3) is 0.217. The molecule has 160 valence electrons. The summed E-state index contributed by atoms with van der Waals surface area (Å²) in [6.45, 7) is 3.69. The Hall–Kier alpha value is -3.45. The number of halogens is 1. The van der Waals surface area contributed by atoms with Crippen molar-refractivity contribution in [1.82, 2.24) is 9.55 Å². The first-order valence-electron chi connectivity index (χ1n) is 9.85. The van der Waals surface area contributed by atoms with Gasteiger partial charge >= 0.3 is 5.97 Å². The van der Waals surface area contributed by atoms with E-state index in [1.54, 1.807) is 55.5 Å². The van der Waals surface area contributed by atoms with Gasteiger partial charge in [-0.3, -0.25) is 14.2 Å². The number of rotatable bonds is 7. The zero-order chi connectivity index (χ0) is 22.4. The van der Waals surface area contributed by atoms with Gasteiger partial charge in [-0.25, -0.2) is 9.78 Å². The predicted molar refractivity (Wildman–Crippen MR) is 119 cm³/mol. The Morgan fingerprint density at radius 1 is 1.10 bits per heavy atom. The van der Waals surface area contributed by atoms with Crippen molar-refractivity contribution in [2.75, 3.05) is 11.9 Å². The normalized spacial score (nSPS) is 10.5. The van der Waals surface area contributed by atoms with Crippen molar-refractivity contribution in [2.45, 2.75) is 26.8 Å². The second-order valence-electron chi connectivity index (χ2n) is 6.71. The molecule has 0 saturated carbocycles. The van der Waals surface area contributed by atoms with Crippen molar-refractivity contribution in [3.63, 3.8) is 0 Å². The van der Waals surface area contributed by atoms with Crippen LogP contribution in [0.15, 0.2) is 59.4 Å². The number of aryl methyl sites for hydroxylation is 1. The van der Waals surface area contributed by atoms with Crippen LogP contribution >= 0.6 is 11.6 Å². The average molecular weight is 440 g/mol. The molecule has 0 unspecified atom stereocenters. The number of nitrogens with zero attached hydrogens (tertiary/aromatic N) is 2. The highest BCUT2D eigenvalue weighted by Crippen LogP contribution is 2.21. The molecule has 2 aromatic carbocycles. The van der Waals surface area contributed by atoms with E-state index in [1.165, 1.54) is 10.6 Å². The SMILES string of the molecule is CCOC(=O)c1ccc(NC(=O)Cn2c(-c3cccc(Cl)c3)nc(CC)cc2=O)cc1. The summed E-state index contributed by atoms with van der Waals surface area (Å²) < 4.78 is 6.26. The van der Waals surface area contributed by atoms with E-state index < -0.39 is 11.9 Å². The molecular formula is C23H22ClN3O4. The lowest BCUT2D eigenvalue weighted by Gasteiger charge is -2.14. The van der Waals surface area contributed by atoms with Crippen LogP contribution in [-0.2, 0) is 22.5 Å². The van der Waals surface area contributed by atoms with Crippen molar-refractivity contribution < 1.29 is 14.3 Å². The molecule has 7 nitrogen and oxygen atoms in total. The summed E-state index contributed by atoms with van der Waals surface area (Å²) in [6, 6.07) is 14.7. The summed E-state index contributed by atoms with van der Waals surface area (Å²) in [5.74, 6) is -0.458. The second kappa shape index (κ2) is 10.0. The van der Waals surface area contributed by atoms with Gasteiger partial charge in [-0.15, -0.1) is 0 Å². The molecule has 8 heteroatoms. The molecule has 0 aliphatic heterocycles. The van der Waals surface area contributed by atoms with E-state index >= 15 is 0 Å². The topological polar surface area (TPSA) is 90.3 Å². The third-order valence-corrected chi connectivity index (χ3v) is 4.72. The molecule has 0 bridgehead atoms. The first kappa shape index (κ1) is 22.2. The van der Waals surface area contributed by atoms with Crippen LogP contribution in [0.2, 0.25) is 5.02 Å². The highest BCUT2D eigenvalue weighted by Gasteiger charge is 2.15. The molecule has 0 fully saturated rings. The Morgan fingerprint density at radius 2 is 1.84 bits per heavy atom. The summed E-state index contributed by atoms with van der Waals surface area (Å²) in [5.41, 5.74) is 1.83. The molecule has 1 aromatic heterocycles. The lowest BCUT2D eigenvalue weighted by molar-refractivity contribution is -0.116. The number of carbonyl (C=O) groups excluding carboxylic acids is 2. The molecule has 3 rings (SSSR count). The quantitative estimate of drug-likeness (QED) is 0.563. The van der Waals surface area contributed by atoms with Gasteiger partial charge < -0.3 is 10.1 Å². The van der Waals surface area contributed by atoms with E-state index in [9.17, 15) is 14.4 Å². The van der Waals surface area contributed by atoms with Crippen molar-refractivity contribution in [2.24, 2.45) is 0 Å². The Morgan fingerprint density at radius 3 is 2.48 bits per heavy atom. The van der Waals surface area contributed by atoms with E-state index in [4.69, 9.17) is 16.3 Å². The van der Waals surface area contributed by atoms with Gasteiger partial charge in [-0.1, -0.05) is 30.7 Å². The van der Waals surface area contributed by atoms with Crippen LogP contribution in [-0.4, -0.2) is 28.0 Å². The van der Waals surface area contributed by atoms with Gasteiger partial charge in [-0.2, -0.15) is 0 Å². The van der Waals surface area contributed by atoms with Crippen LogP contribution in [0, 0.1) is 0 Å². The van der Waals surface area contributed by atoms with E-state index in [1.807, 2.05) is 6.92 Å². The molecule has 0 saturated heterocycles. The molecule has 0 spiro atoms. The first-order valence-corrected chi connectivity index (χ1v) is 10.2. The van der Waals surface area contributed by atoms with E-state index in [0.29, 0.717) is 39.8 Å².